The van der Waals surface area contributed by atoms with Gasteiger partial charge in [0.05, 0.1) is 12.2 Å². The highest BCUT2D eigenvalue weighted by Crippen LogP contribution is 2.78. The second-order valence-electron chi connectivity index (χ2n) is 9.82. The lowest BCUT2D eigenvalue weighted by Crippen LogP contribution is -2.80. The predicted molar refractivity (Wildman–Crippen MR) is 86.7 cm³/mol. The summed E-state index contributed by atoms with van der Waals surface area (Å²) >= 11 is 0. The highest BCUT2D eigenvalue weighted by Gasteiger charge is 2.79. The fourth-order valence-electron chi connectivity index (χ4n) is 8.44. The van der Waals surface area contributed by atoms with Crippen molar-refractivity contribution in [1.29, 1.82) is 0 Å². The highest BCUT2D eigenvalue weighted by molar-refractivity contribution is 5.31. The van der Waals surface area contributed by atoms with Crippen LogP contribution in [-0.2, 0) is 9.47 Å². The van der Waals surface area contributed by atoms with Gasteiger partial charge >= 0.3 is 0 Å². The summed E-state index contributed by atoms with van der Waals surface area (Å²) < 4.78 is 12.6. The Morgan fingerprint density at radius 3 is 2.71 bits per heavy atom. The largest absolute Gasteiger partial charge is 0.388 e. The van der Waals surface area contributed by atoms with E-state index in [1.54, 1.807) is 0 Å². The fourth-order valence-corrected chi connectivity index (χ4v) is 8.44. The molecular formula is C20H28O4. The van der Waals surface area contributed by atoms with Gasteiger partial charge in [-0.05, 0) is 61.9 Å². The van der Waals surface area contributed by atoms with Gasteiger partial charge in [-0.1, -0.05) is 19.9 Å². The molecule has 0 aromatic carbocycles. The van der Waals surface area contributed by atoms with Gasteiger partial charge in [0, 0.05) is 16.2 Å². The lowest BCUT2D eigenvalue weighted by Gasteiger charge is -2.78. The second kappa shape index (κ2) is 4.11. The van der Waals surface area contributed by atoms with Crippen molar-refractivity contribution in [1.82, 2.24) is 0 Å². The first kappa shape index (κ1) is 14.7. The number of aliphatic hydroxyl groups excluding tert-OH is 2. The maximum atomic E-state index is 11.2. The lowest BCUT2D eigenvalue weighted by atomic mass is 9.33. The Balaban J connectivity index is 1.56. The summed E-state index contributed by atoms with van der Waals surface area (Å²) in [5.41, 5.74) is 0.732. The molecule has 132 valence electrons. The SMILES string of the molecule is C=C1[C@H]2CC[C@@]3(C4C[C@H]5[C@@]6(CCC[C@@]5(C)C(O)OC6O4)[C@@H]3C2)[C@H]1O. The van der Waals surface area contributed by atoms with E-state index in [9.17, 15) is 10.2 Å². The van der Waals surface area contributed by atoms with Crippen LogP contribution in [0.4, 0.5) is 0 Å². The van der Waals surface area contributed by atoms with Crippen LogP contribution in [0.25, 0.3) is 0 Å². The van der Waals surface area contributed by atoms with Crippen LogP contribution in [0.2, 0.25) is 0 Å². The highest BCUT2D eigenvalue weighted by atomic mass is 16.7. The topological polar surface area (TPSA) is 58.9 Å². The van der Waals surface area contributed by atoms with E-state index in [0.717, 1.165) is 50.5 Å². The molecule has 5 saturated carbocycles. The Bertz CT molecular complexity index is 633. The van der Waals surface area contributed by atoms with E-state index in [-0.39, 0.29) is 28.6 Å². The molecule has 10 atom stereocenters. The number of rotatable bonds is 0. The minimum absolute atomic E-state index is 0.0126. The van der Waals surface area contributed by atoms with Crippen LogP contribution >= 0.6 is 0 Å². The fraction of sp³-hybridized carbons (Fsp3) is 0.900. The van der Waals surface area contributed by atoms with Gasteiger partial charge in [0.25, 0.3) is 0 Å². The lowest BCUT2D eigenvalue weighted by molar-refractivity contribution is -0.472. The summed E-state index contributed by atoms with van der Waals surface area (Å²) in [5.74, 6) is 1.37. The third-order valence-electron chi connectivity index (χ3n) is 9.49. The normalized spacial score (nSPS) is 66.5. The maximum absolute atomic E-state index is 11.2. The van der Waals surface area contributed by atoms with E-state index in [1.807, 2.05) is 0 Å². The molecule has 5 aliphatic carbocycles. The number of aliphatic hydroxyl groups is 2. The molecule has 3 unspecified atom stereocenters. The van der Waals surface area contributed by atoms with Crippen LogP contribution < -0.4 is 0 Å². The Morgan fingerprint density at radius 2 is 1.88 bits per heavy atom. The van der Waals surface area contributed by atoms with Gasteiger partial charge in [-0.3, -0.25) is 0 Å². The van der Waals surface area contributed by atoms with Crippen molar-refractivity contribution >= 4 is 0 Å². The first-order valence-electron chi connectivity index (χ1n) is 9.80. The zero-order chi connectivity index (χ0) is 16.5. The number of hydrogen-bond donors (Lipinski definition) is 2. The van der Waals surface area contributed by atoms with E-state index in [4.69, 9.17) is 9.47 Å². The van der Waals surface area contributed by atoms with E-state index in [2.05, 4.69) is 13.5 Å². The predicted octanol–water partition coefficient (Wildman–Crippen LogP) is 2.59. The van der Waals surface area contributed by atoms with Crippen molar-refractivity contribution in [3.8, 4) is 0 Å². The Hall–Kier alpha value is -0.420. The molecule has 8 aliphatic rings. The minimum Gasteiger partial charge on any atom is -0.388 e. The molecule has 2 spiro atoms. The molecule has 0 aromatic rings. The van der Waals surface area contributed by atoms with E-state index < -0.39 is 12.4 Å². The number of ether oxygens (including phenoxy) is 2. The van der Waals surface area contributed by atoms with E-state index in [1.165, 1.54) is 0 Å². The van der Waals surface area contributed by atoms with Crippen molar-refractivity contribution in [2.24, 2.45) is 34.0 Å². The third kappa shape index (κ3) is 1.25. The van der Waals surface area contributed by atoms with Gasteiger partial charge < -0.3 is 19.7 Å². The third-order valence-corrected chi connectivity index (χ3v) is 9.49. The van der Waals surface area contributed by atoms with Gasteiger partial charge in [-0.2, -0.15) is 0 Å². The van der Waals surface area contributed by atoms with Crippen LogP contribution in [0.15, 0.2) is 12.2 Å². The van der Waals surface area contributed by atoms with Gasteiger partial charge in [-0.15, -0.1) is 0 Å². The van der Waals surface area contributed by atoms with Crippen molar-refractivity contribution in [2.45, 2.75) is 76.7 Å². The monoisotopic (exact) mass is 332 g/mol. The summed E-state index contributed by atoms with van der Waals surface area (Å²) in [6, 6.07) is 0. The Kier molecular flexibility index (Phi) is 2.52. The van der Waals surface area contributed by atoms with Crippen LogP contribution in [0.3, 0.4) is 0 Å². The molecule has 0 amide bonds. The van der Waals surface area contributed by atoms with Gasteiger partial charge in [-0.25, -0.2) is 0 Å². The van der Waals surface area contributed by atoms with Crippen molar-refractivity contribution in [2.75, 3.05) is 0 Å². The molecule has 2 N–H and O–H groups in total. The summed E-state index contributed by atoms with van der Waals surface area (Å²) in [4.78, 5) is 0. The molecule has 4 heteroatoms. The van der Waals surface area contributed by atoms with E-state index in [0.29, 0.717) is 17.8 Å². The Labute approximate surface area is 143 Å². The first-order chi connectivity index (χ1) is 11.4. The first-order valence-corrected chi connectivity index (χ1v) is 9.80. The standard InChI is InChI=1S/C20H28O4/c1-10-11-4-7-20(15(10)21)13(8-11)19-6-3-5-18(2)12(19)9-14(20)23-17(19)24-16(18)22/h11-17,21-22H,1,3-9H2,2H3/t11-,12+,13-,14?,15-,16?,17?,18+,19-,20+/m0/s1. The van der Waals surface area contributed by atoms with Crippen LogP contribution in [-0.4, -0.2) is 35.0 Å². The van der Waals surface area contributed by atoms with E-state index >= 15 is 0 Å². The molecular weight excluding hydrogens is 304 g/mol. The number of fused-ring (bicyclic) bond motifs is 2. The zero-order valence-corrected chi connectivity index (χ0v) is 14.4. The minimum atomic E-state index is -0.711. The quantitative estimate of drug-likeness (QED) is 0.670. The summed E-state index contributed by atoms with van der Waals surface area (Å²) in [5, 5.41) is 21.8. The molecule has 3 aliphatic heterocycles. The summed E-state index contributed by atoms with van der Waals surface area (Å²) in [6.45, 7) is 6.47. The van der Waals surface area contributed by atoms with Crippen molar-refractivity contribution in [3.63, 3.8) is 0 Å². The van der Waals surface area contributed by atoms with Crippen LogP contribution in [0, 0.1) is 34.0 Å². The molecule has 7 bridgehead atoms. The Morgan fingerprint density at radius 1 is 1.04 bits per heavy atom. The molecule has 3 saturated heterocycles. The van der Waals surface area contributed by atoms with Gasteiger partial charge in [0.2, 0.25) is 0 Å². The molecule has 3 heterocycles. The molecule has 0 aromatic heterocycles. The van der Waals surface area contributed by atoms with Crippen molar-refractivity contribution in [3.05, 3.63) is 12.2 Å². The molecule has 0 radical (unpaired) electrons. The molecule has 8 rings (SSSR count). The number of hydrogen-bond acceptors (Lipinski definition) is 4. The average molecular weight is 332 g/mol. The van der Waals surface area contributed by atoms with Crippen LogP contribution in [0.5, 0.6) is 0 Å². The van der Waals surface area contributed by atoms with Gasteiger partial charge in [0.15, 0.2) is 12.6 Å². The average Bonchev–Trinajstić information content (AvgIpc) is 2.58. The van der Waals surface area contributed by atoms with Crippen LogP contribution in [0.1, 0.15) is 51.9 Å². The summed E-state index contributed by atoms with van der Waals surface area (Å²) in [7, 11) is 0. The smallest absolute Gasteiger partial charge is 0.167 e. The van der Waals surface area contributed by atoms with Crippen molar-refractivity contribution < 1.29 is 19.7 Å². The molecule has 4 nitrogen and oxygen atoms in total. The molecule has 24 heavy (non-hydrogen) atoms. The maximum Gasteiger partial charge on any atom is 0.167 e. The second-order valence-corrected chi connectivity index (χ2v) is 9.82. The zero-order valence-electron chi connectivity index (χ0n) is 14.4. The van der Waals surface area contributed by atoms with Gasteiger partial charge in [0.1, 0.15) is 0 Å². The summed E-state index contributed by atoms with van der Waals surface area (Å²) in [6.07, 6.45) is 6.26. The molecule has 8 fully saturated rings.